The van der Waals surface area contributed by atoms with Gasteiger partial charge in [-0.3, -0.25) is 4.79 Å². The number of amides is 1. The number of carbonyl (C=O) groups is 2. The molecule has 1 saturated heterocycles. The highest BCUT2D eigenvalue weighted by Gasteiger charge is 2.27. The van der Waals surface area contributed by atoms with Crippen LogP contribution in [0.4, 0.5) is 8.78 Å². The van der Waals surface area contributed by atoms with Crippen molar-refractivity contribution >= 4 is 11.9 Å². The lowest BCUT2D eigenvalue weighted by molar-refractivity contribution is -0.138. The highest BCUT2D eigenvalue weighted by atomic mass is 19.3. The molecule has 0 N–H and O–H groups in total. The Hall–Kier alpha value is -2.18. The van der Waals surface area contributed by atoms with Crippen LogP contribution in [-0.2, 0) is 9.53 Å². The van der Waals surface area contributed by atoms with Gasteiger partial charge in [0, 0.05) is 13.1 Å². The third kappa shape index (κ3) is 3.93. The SMILES string of the molecule is CC(OC(=O)c1ccccc1OC(F)F)C(=O)N1CCCC1. The molecule has 1 heterocycles. The molecule has 1 unspecified atom stereocenters. The molecule has 0 aliphatic carbocycles. The molecule has 1 amide bonds. The molecular weight excluding hydrogens is 296 g/mol. The molecule has 1 aliphatic rings. The zero-order valence-electron chi connectivity index (χ0n) is 12.1. The first-order valence-electron chi connectivity index (χ1n) is 7.02. The third-order valence-corrected chi connectivity index (χ3v) is 3.37. The van der Waals surface area contributed by atoms with E-state index in [1.165, 1.54) is 31.2 Å². The van der Waals surface area contributed by atoms with Gasteiger partial charge in [-0.25, -0.2) is 4.79 Å². The Bertz CT molecular complexity index is 544. The lowest BCUT2D eigenvalue weighted by Gasteiger charge is -2.20. The lowest BCUT2D eigenvalue weighted by atomic mass is 10.2. The molecule has 120 valence electrons. The molecule has 0 aromatic heterocycles. The molecule has 1 aromatic rings. The Labute approximate surface area is 126 Å². The monoisotopic (exact) mass is 313 g/mol. The lowest BCUT2D eigenvalue weighted by Crippen LogP contribution is -2.38. The number of halogens is 2. The van der Waals surface area contributed by atoms with Crippen molar-refractivity contribution in [3.05, 3.63) is 29.8 Å². The van der Waals surface area contributed by atoms with E-state index in [2.05, 4.69) is 4.74 Å². The summed E-state index contributed by atoms with van der Waals surface area (Å²) < 4.78 is 34.0. The molecule has 22 heavy (non-hydrogen) atoms. The molecule has 1 fully saturated rings. The molecule has 0 saturated carbocycles. The van der Waals surface area contributed by atoms with Crippen molar-refractivity contribution in [3.63, 3.8) is 0 Å². The van der Waals surface area contributed by atoms with Crippen LogP contribution >= 0.6 is 0 Å². The second-order valence-corrected chi connectivity index (χ2v) is 4.95. The minimum absolute atomic E-state index is 0.135. The van der Waals surface area contributed by atoms with Crippen LogP contribution in [0.3, 0.4) is 0 Å². The standard InChI is InChI=1S/C15H17F2NO4/c1-10(13(19)18-8-4-5-9-18)21-14(20)11-6-2-3-7-12(11)22-15(16)17/h2-3,6-7,10,15H,4-5,8-9H2,1H3. The fourth-order valence-electron chi connectivity index (χ4n) is 2.30. The first kappa shape index (κ1) is 16.2. The maximum Gasteiger partial charge on any atom is 0.387 e. The van der Waals surface area contributed by atoms with Crippen LogP contribution in [0.25, 0.3) is 0 Å². The van der Waals surface area contributed by atoms with E-state index in [-0.39, 0.29) is 17.2 Å². The van der Waals surface area contributed by atoms with E-state index in [1.54, 1.807) is 4.90 Å². The molecular formula is C15H17F2NO4. The molecule has 1 atom stereocenters. The summed E-state index contributed by atoms with van der Waals surface area (Å²) in [5.41, 5.74) is -0.135. The minimum Gasteiger partial charge on any atom is -0.449 e. The van der Waals surface area contributed by atoms with E-state index >= 15 is 0 Å². The van der Waals surface area contributed by atoms with Crippen molar-refractivity contribution in [3.8, 4) is 5.75 Å². The number of alkyl halides is 2. The average Bonchev–Trinajstić information content (AvgIpc) is 3.00. The second kappa shape index (κ2) is 7.20. The van der Waals surface area contributed by atoms with Gasteiger partial charge in [0.2, 0.25) is 0 Å². The van der Waals surface area contributed by atoms with Crippen LogP contribution in [-0.4, -0.2) is 42.6 Å². The molecule has 0 bridgehead atoms. The quantitative estimate of drug-likeness (QED) is 0.784. The number of hydrogen-bond donors (Lipinski definition) is 0. The normalized spacial score (nSPS) is 15.7. The Morgan fingerprint density at radius 1 is 1.18 bits per heavy atom. The summed E-state index contributed by atoms with van der Waals surface area (Å²) in [5, 5.41) is 0. The molecule has 1 aliphatic heterocycles. The van der Waals surface area contributed by atoms with E-state index in [1.807, 2.05) is 0 Å². The van der Waals surface area contributed by atoms with Crippen LogP contribution in [0.15, 0.2) is 24.3 Å². The first-order chi connectivity index (χ1) is 10.5. The van der Waals surface area contributed by atoms with Crippen molar-refractivity contribution in [2.24, 2.45) is 0 Å². The summed E-state index contributed by atoms with van der Waals surface area (Å²) in [4.78, 5) is 25.8. The van der Waals surface area contributed by atoms with Crippen molar-refractivity contribution in [2.45, 2.75) is 32.5 Å². The molecule has 2 rings (SSSR count). The predicted molar refractivity (Wildman–Crippen MR) is 73.8 cm³/mol. The van der Waals surface area contributed by atoms with Gasteiger partial charge in [-0.15, -0.1) is 0 Å². The number of ether oxygens (including phenoxy) is 2. The van der Waals surface area contributed by atoms with Crippen molar-refractivity contribution in [2.75, 3.05) is 13.1 Å². The van der Waals surface area contributed by atoms with Gasteiger partial charge in [0.05, 0.1) is 0 Å². The maximum absolute atomic E-state index is 12.3. The zero-order chi connectivity index (χ0) is 16.1. The molecule has 0 spiro atoms. The van der Waals surface area contributed by atoms with Crippen LogP contribution in [0.2, 0.25) is 0 Å². The van der Waals surface area contributed by atoms with Gasteiger partial charge in [0.1, 0.15) is 11.3 Å². The fraction of sp³-hybridized carbons (Fsp3) is 0.467. The zero-order valence-corrected chi connectivity index (χ0v) is 12.1. The third-order valence-electron chi connectivity index (χ3n) is 3.37. The number of likely N-dealkylation sites (tertiary alicyclic amines) is 1. The highest BCUT2D eigenvalue weighted by Crippen LogP contribution is 2.22. The molecule has 1 aromatic carbocycles. The van der Waals surface area contributed by atoms with E-state index in [9.17, 15) is 18.4 Å². The topological polar surface area (TPSA) is 55.8 Å². The summed E-state index contributed by atoms with van der Waals surface area (Å²) in [7, 11) is 0. The Morgan fingerprint density at radius 2 is 1.82 bits per heavy atom. The van der Waals surface area contributed by atoms with Crippen molar-refractivity contribution in [1.29, 1.82) is 0 Å². The van der Waals surface area contributed by atoms with Gasteiger partial charge in [-0.2, -0.15) is 8.78 Å². The summed E-state index contributed by atoms with van der Waals surface area (Å²) in [6, 6.07) is 5.53. The number of carbonyl (C=O) groups excluding carboxylic acids is 2. The summed E-state index contributed by atoms with van der Waals surface area (Å²) in [6.45, 7) is -0.287. The number of esters is 1. The maximum atomic E-state index is 12.3. The van der Waals surface area contributed by atoms with Gasteiger partial charge in [0.15, 0.2) is 6.10 Å². The van der Waals surface area contributed by atoms with Crippen LogP contribution < -0.4 is 4.74 Å². The molecule has 5 nitrogen and oxygen atoms in total. The van der Waals surface area contributed by atoms with Gasteiger partial charge >= 0.3 is 12.6 Å². The molecule has 0 radical (unpaired) electrons. The van der Waals surface area contributed by atoms with Crippen LogP contribution in [0, 0.1) is 0 Å². The van der Waals surface area contributed by atoms with E-state index in [4.69, 9.17) is 4.74 Å². The average molecular weight is 313 g/mol. The fourth-order valence-corrected chi connectivity index (χ4v) is 2.30. The Kier molecular flexibility index (Phi) is 5.30. The number of hydrogen-bond acceptors (Lipinski definition) is 4. The Balaban J connectivity index is 2.03. The summed E-state index contributed by atoms with van der Waals surface area (Å²) in [6.07, 6.45) is 0.889. The summed E-state index contributed by atoms with van der Waals surface area (Å²) >= 11 is 0. The summed E-state index contributed by atoms with van der Waals surface area (Å²) in [5.74, 6) is -1.42. The Morgan fingerprint density at radius 3 is 2.45 bits per heavy atom. The van der Waals surface area contributed by atoms with Crippen molar-refractivity contribution in [1.82, 2.24) is 4.90 Å². The van der Waals surface area contributed by atoms with Gasteiger partial charge in [-0.05, 0) is 31.9 Å². The predicted octanol–water partition coefficient (Wildman–Crippen LogP) is 2.46. The second-order valence-electron chi connectivity index (χ2n) is 4.95. The number of nitrogens with zero attached hydrogens (tertiary/aromatic N) is 1. The van der Waals surface area contributed by atoms with Gasteiger partial charge < -0.3 is 14.4 Å². The number of para-hydroxylation sites is 1. The number of benzene rings is 1. The first-order valence-corrected chi connectivity index (χ1v) is 7.02. The van der Waals surface area contributed by atoms with Crippen molar-refractivity contribution < 1.29 is 27.8 Å². The number of rotatable bonds is 5. The van der Waals surface area contributed by atoms with E-state index in [0.29, 0.717) is 13.1 Å². The molecule has 7 heteroatoms. The largest absolute Gasteiger partial charge is 0.449 e. The smallest absolute Gasteiger partial charge is 0.387 e. The van der Waals surface area contributed by atoms with Gasteiger partial charge in [-0.1, -0.05) is 12.1 Å². The van der Waals surface area contributed by atoms with E-state index in [0.717, 1.165) is 12.8 Å². The minimum atomic E-state index is -3.04. The van der Waals surface area contributed by atoms with E-state index < -0.39 is 18.7 Å². The van der Waals surface area contributed by atoms with Gasteiger partial charge in [0.25, 0.3) is 5.91 Å². The highest BCUT2D eigenvalue weighted by molar-refractivity contribution is 5.94. The van der Waals surface area contributed by atoms with Crippen LogP contribution in [0.5, 0.6) is 5.75 Å². The van der Waals surface area contributed by atoms with Crippen LogP contribution in [0.1, 0.15) is 30.1 Å².